The van der Waals surface area contributed by atoms with Crippen molar-refractivity contribution in [2.75, 3.05) is 19.8 Å². The van der Waals surface area contributed by atoms with Gasteiger partial charge in [-0.15, -0.1) is 0 Å². The molecule has 1 aliphatic rings. The third-order valence-electron chi connectivity index (χ3n) is 2.83. The van der Waals surface area contributed by atoms with Crippen molar-refractivity contribution in [2.45, 2.75) is 18.4 Å². The van der Waals surface area contributed by atoms with Crippen LogP contribution in [0.25, 0.3) is 0 Å². The quantitative estimate of drug-likeness (QED) is 0.882. The molecule has 94 valence electrons. The normalized spacial score (nSPS) is 19.0. The molecule has 0 unspecified atom stereocenters. The lowest BCUT2D eigenvalue weighted by Crippen LogP contribution is -2.41. The molecule has 1 aliphatic heterocycles. The first-order chi connectivity index (χ1) is 8.11. The first-order valence-electron chi connectivity index (χ1n) is 5.48. The fourth-order valence-electron chi connectivity index (χ4n) is 1.72. The molecule has 0 spiro atoms. The maximum Gasteiger partial charge on any atom is 0.190 e. The van der Waals surface area contributed by atoms with E-state index in [0.29, 0.717) is 26.1 Å². The summed E-state index contributed by atoms with van der Waals surface area (Å²) in [4.78, 5) is 0. The highest BCUT2D eigenvalue weighted by molar-refractivity contribution is 5.26. The molecule has 1 saturated heterocycles. The molecule has 1 aromatic rings. The van der Waals surface area contributed by atoms with Crippen LogP contribution in [0.5, 0.6) is 5.75 Å². The van der Waals surface area contributed by atoms with Gasteiger partial charge in [0.15, 0.2) is 17.4 Å². The number of aliphatic hydroxyl groups is 1. The van der Waals surface area contributed by atoms with E-state index < -0.39 is 23.0 Å². The van der Waals surface area contributed by atoms with Crippen molar-refractivity contribution in [3.05, 3.63) is 29.8 Å². The van der Waals surface area contributed by atoms with Gasteiger partial charge in [-0.3, -0.25) is 0 Å². The molecule has 0 atom stereocenters. The number of rotatable bonds is 3. The fourth-order valence-corrected chi connectivity index (χ4v) is 1.72. The molecule has 1 heterocycles. The minimum Gasteiger partial charge on any atom is -0.485 e. The van der Waals surface area contributed by atoms with Gasteiger partial charge in [0.25, 0.3) is 0 Å². The molecule has 17 heavy (non-hydrogen) atoms. The summed E-state index contributed by atoms with van der Waals surface area (Å²) >= 11 is 0. The molecule has 0 amide bonds. The SMILES string of the molecule is OC1(COc2c(F)cccc2F)CCOCC1. The Morgan fingerprint density at radius 2 is 1.82 bits per heavy atom. The molecular weight excluding hydrogens is 230 g/mol. The van der Waals surface area contributed by atoms with E-state index in [2.05, 4.69) is 0 Å². The summed E-state index contributed by atoms with van der Waals surface area (Å²) in [7, 11) is 0. The maximum atomic E-state index is 13.3. The Labute approximate surface area is 98.0 Å². The van der Waals surface area contributed by atoms with Crippen molar-refractivity contribution < 1.29 is 23.4 Å². The van der Waals surface area contributed by atoms with Crippen molar-refractivity contribution in [1.82, 2.24) is 0 Å². The van der Waals surface area contributed by atoms with E-state index in [1.165, 1.54) is 6.07 Å². The van der Waals surface area contributed by atoms with Crippen LogP contribution >= 0.6 is 0 Å². The lowest BCUT2D eigenvalue weighted by molar-refractivity contribution is -0.0864. The largest absolute Gasteiger partial charge is 0.485 e. The molecular formula is C12H14F2O3. The van der Waals surface area contributed by atoms with Gasteiger partial charge in [0, 0.05) is 26.1 Å². The van der Waals surface area contributed by atoms with E-state index in [9.17, 15) is 13.9 Å². The predicted octanol–water partition coefficient (Wildman–Crippen LogP) is 1.89. The molecule has 1 fully saturated rings. The summed E-state index contributed by atoms with van der Waals surface area (Å²) in [5, 5.41) is 10.1. The Morgan fingerprint density at radius 3 is 2.41 bits per heavy atom. The third kappa shape index (κ3) is 2.92. The summed E-state index contributed by atoms with van der Waals surface area (Å²) in [5.41, 5.74) is -1.06. The van der Waals surface area contributed by atoms with Crippen LogP contribution in [-0.4, -0.2) is 30.5 Å². The van der Waals surface area contributed by atoms with Crippen LogP contribution in [0.2, 0.25) is 0 Å². The Balaban J connectivity index is 2.02. The minimum absolute atomic E-state index is 0.131. The number of halogens is 2. The van der Waals surface area contributed by atoms with Crippen LogP contribution in [0.15, 0.2) is 18.2 Å². The highest BCUT2D eigenvalue weighted by Crippen LogP contribution is 2.25. The van der Waals surface area contributed by atoms with Gasteiger partial charge in [0.2, 0.25) is 0 Å². The van der Waals surface area contributed by atoms with E-state index in [0.717, 1.165) is 12.1 Å². The van der Waals surface area contributed by atoms with Crippen molar-refractivity contribution in [3.63, 3.8) is 0 Å². The van der Waals surface area contributed by atoms with Crippen LogP contribution in [0.4, 0.5) is 8.78 Å². The average Bonchev–Trinajstić information content (AvgIpc) is 2.29. The van der Waals surface area contributed by atoms with Gasteiger partial charge >= 0.3 is 0 Å². The minimum atomic E-state index is -1.06. The summed E-state index contributed by atoms with van der Waals surface area (Å²) in [6, 6.07) is 3.50. The van der Waals surface area contributed by atoms with Gasteiger partial charge in [-0.1, -0.05) is 6.07 Å². The monoisotopic (exact) mass is 244 g/mol. The standard InChI is InChI=1S/C12H14F2O3/c13-9-2-1-3-10(14)11(9)17-8-12(15)4-6-16-7-5-12/h1-3,15H,4-8H2. The lowest BCUT2D eigenvalue weighted by atomic mass is 9.96. The molecule has 1 aromatic carbocycles. The average molecular weight is 244 g/mol. The van der Waals surface area contributed by atoms with Crippen molar-refractivity contribution >= 4 is 0 Å². The zero-order valence-electron chi connectivity index (χ0n) is 9.29. The van der Waals surface area contributed by atoms with Crippen LogP contribution in [0.3, 0.4) is 0 Å². The van der Waals surface area contributed by atoms with Crippen molar-refractivity contribution in [1.29, 1.82) is 0 Å². The predicted molar refractivity (Wildman–Crippen MR) is 56.9 cm³/mol. The molecule has 0 radical (unpaired) electrons. The van der Waals surface area contributed by atoms with Crippen LogP contribution in [-0.2, 0) is 4.74 Å². The summed E-state index contributed by atoms with van der Waals surface area (Å²) in [5.74, 6) is -1.96. The topological polar surface area (TPSA) is 38.7 Å². The highest BCUT2D eigenvalue weighted by atomic mass is 19.1. The van der Waals surface area contributed by atoms with Crippen molar-refractivity contribution in [3.8, 4) is 5.75 Å². The molecule has 3 nitrogen and oxygen atoms in total. The number of hydrogen-bond donors (Lipinski definition) is 1. The van der Waals surface area contributed by atoms with Gasteiger partial charge in [0.05, 0.1) is 0 Å². The van der Waals surface area contributed by atoms with E-state index in [1.54, 1.807) is 0 Å². The summed E-state index contributed by atoms with van der Waals surface area (Å²) in [6.07, 6.45) is 0.812. The Hall–Kier alpha value is -1.20. The first-order valence-corrected chi connectivity index (χ1v) is 5.48. The molecule has 2 rings (SSSR count). The Kier molecular flexibility index (Phi) is 3.59. The van der Waals surface area contributed by atoms with Gasteiger partial charge in [-0.25, -0.2) is 8.78 Å². The van der Waals surface area contributed by atoms with E-state index in [4.69, 9.17) is 9.47 Å². The smallest absolute Gasteiger partial charge is 0.190 e. The number of hydrogen-bond acceptors (Lipinski definition) is 3. The third-order valence-corrected chi connectivity index (χ3v) is 2.83. The van der Waals surface area contributed by atoms with Crippen LogP contribution in [0, 0.1) is 11.6 Å². The molecule has 0 bridgehead atoms. The number of benzene rings is 1. The van der Waals surface area contributed by atoms with Gasteiger partial charge in [0.1, 0.15) is 12.2 Å². The number of para-hydroxylation sites is 1. The Bertz CT molecular complexity index is 369. The molecule has 0 aliphatic carbocycles. The molecule has 5 heteroatoms. The van der Waals surface area contributed by atoms with Crippen molar-refractivity contribution in [2.24, 2.45) is 0 Å². The maximum absolute atomic E-state index is 13.3. The van der Waals surface area contributed by atoms with Crippen LogP contribution < -0.4 is 4.74 Å². The number of ether oxygens (including phenoxy) is 2. The summed E-state index contributed by atoms with van der Waals surface area (Å²) < 4.78 is 36.7. The zero-order valence-corrected chi connectivity index (χ0v) is 9.29. The fraction of sp³-hybridized carbons (Fsp3) is 0.500. The second-order valence-corrected chi connectivity index (χ2v) is 4.18. The molecule has 1 N–H and O–H groups in total. The zero-order chi connectivity index (χ0) is 12.3. The van der Waals surface area contributed by atoms with Crippen LogP contribution in [0.1, 0.15) is 12.8 Å². The van der Waals surface area contributed by atoms with E-state index in [-0.39, 0.29) is 6.61 Å². The Morgan fingerprint density at radius 1 is 1.24 bits per heavy atom. The first kappa shape index (κ1) is 12.3. The summed E-state index contributed by atoms with van der Waals surface area (Å²) in [6.45, 7) is 0.730. The second-order valence-electron chi connectivity index (χ2n) is 4.18. The molecule has 0 saturated carbocycles. The van der Waals surface area contributed by atoms with E-state index >= 15 is 0 Å². The van der Waals surface area contributed by atoms with Gasteiger partial charge < -0.3 is 14.6 Å². The van der Waals surface area contributed by atoms with Gasteiger partial charge in [-0.2, -0.15) is 0 Å². The molecule has 0 aromatic heterocycles. The van der Waals surface area contributed by atoms with E-state index in [1.807, 2.05) is 0 Å². The highest BCUT2D eigenvalue weighted by Gasteiger charge is 2.31. The second kappa shape index (κ2) is 4.98. The van der Waals surface area contributed by atoms with Gasteiger partial charge in [-0.05, 0) is 12.1 Å². The lowest BCUT2D eigenvalue weighted by Gasteiger charge is -2.31.